The van der Waals surface area contributed by atoms with Gasteiger partial charge in [-0.15, -0.1) is 0 Å². The molecule has 1 saturated heterocycles. The summed E-state index contributed by atoms with van der Waals surface area (Å²) in [4.78, 5) is 11.7. The molecule has 5 heteroatoms. The summed E-state index contributed by atoms with van der Waals surface area (Å²) in [5.41, 5.74) is 4.54. The Kier molecular flexibility index (Phi) is 3.69. The van der Waals surface area contributed by atoms with Gasteiger partial charge in [-0.2, -0.15) is 5.10 Å². The number of nitrogens with zero attached hydrogens (tertiary/aromatic N) is 4. The fourth-order valence-corrected chi connectivity index (χ4v) is 3.48. The highest BCUT2D eigenvalue weighted by atomic mass is 15.2. The molecule has 0 saturated carbocycles. The van der Waals surface area contributed by atoms with Crippen molar-refractivity contribution in [2.75, 3.05) is 18.0 Å². The Bertz CT molecular complexity index is 810. The number of hydrogen-bond acceptors (Lipinski definition) is 4. The monoisotopic (exact) mass is 307 g/mol. The van der Waals surface area contributed by atoms with Crippen LogP contribution in [0, 0.1) is 0 Å². The number of piperidine rings is 1. The van der Waals surface area contributed by atoms with Crippen LogP contribution in [0.5, 0.6) is 0 Å². The molecule has 2 aromatic heterocycles. The average molecular weight is 307 g/mol. The largest absolute Gasteiger partial charge is 0.355 e. The van der Waals surface area contributed by atoms with E-state index in [1.54, 1.807) is 0 Å². The van der Waals surface area contributed by atoms with Crippen molar-refractivity contribution >= 4 is 16.9 Å². The Balaban J connectivity index is 1.61. The minimum atomic E-state index is 0.495. The Hall–Kier alpha value is -2.43. The molecular formula is C18H21N5. The van der Waals surface area contributed by atoms with Crippen molar-refractivity contribution in [1.29, 1.82) is 0 Å². The molecule has 3 heterocycles. The van der Waals surface area contributed by atoms with Gasteiger partial charge in [0.05, 0.1) is 23.4 Å². The second-order valence-electron chi connectivity index (χ2n) is 6.16. The SMILES string of the molecule is CCc1cn[nH]c1C1CCCN(c2cnc3ccccc3n2)C1. The van der Waals surface area contributed by atoms with Gasteiger partial charge in [-0.3, -0.25) is 10.1 Å². The molecule has 1 aliphatic heterocycles. The summed E-state index contributed by atoms with van der Waals surface area (Å²) < 4.78 is 0. The third-order valence-corrected chi connectivity index (χ3v) is 4.72. The number of H-pyrrole nitrogens is 1. The summed E-state index contributed by atoms with van der Waals surface area (Å²) in [5, 5.41) is 7.45. The Labute approximate surface area is 135 Å². The molecule has 4 rings (SSSR count). The molecule has 1 unspecified atom stereocenters. The van der Waals surface area contributed by atoms with E-state index in [0.29, 0.717) is 5.92 Å². The van der Waals surface area contributed by atoms with Crippen LogP contribution in [0.25, 0.3) is 11.0 Å². The van der Waals surface area contributed by atoms with Crippen LogP contribution in [0.1, 0.15) is 36.9 Å². The number of hydrogen-bond donors (Lipinski definition) is 1. The van der Waals surface area contributed by atoms with Gasteiger partial charge in [0.25, 0.3) is 0 Å². The van der Waals surface area contributed by atoms with E-state index in [1.807, 2.05) is 36.7 Å². The van der Waals surface area contributed by atoms with Crippen LogP contribution < -0.4 is 4.90 Å². The third-order valence-electron chi connectivity index (χ3n) is 4.72. The molecule has 3 aromatic rings. The summed E-state index contributed by atoms with van der Waals surface area (Å²) in [6, 6.07) is 8.04. The summed E-state index contributed by atoms with van der Waals surface area (Å²) in [5.74, 6) is 1.47. The van der Waals surface area contributed by atoms with Crippen molar-refractivity contribution in [3.8, 4) is 0 Å². The van der Waals surface area contributed by atoms with Gasteiger partial charge >= 0.3 is 0 Å². The number of aromatic amines is 1. The maximum absolute atomic E-state index is 4.79. The Morgan fingerprint density at radius 1 is 1.22 bits per heavy atom. The zero-order valence-corrected chi connectivity index (χ0v) is 13.4. The van der Waals surface area contributed by atoms with E-state index < -0.39 is 0 Å². The van der Waals surface area contributed by atoms with Crippen molar-refractivity contribution in [3.05, 3.63) is 47.9 Å². The lowest BCUT2D eigenvalue weighted by Gasteiger charge is -2.33. The van der Waals surface area contributed by atoms with E-state index in [4.69, 9.17) is 4.98 Å². The van der Waals surface area contributed by atoms with Crippen LogP contribution in [-0.2, 0) is 6.42 Å². The van der Waals surface area contributed by atoms with Gasteiger partial charge < -0.3 is 4.90 Å². The molecule has 0 spiro atoms. The van der Waals surface area contributed by atoms with Crippen LogP contribution in [0.2, 0.25) is 0 Å². The first-order chi connectivity index (χ1) is 11.3. The normalized spacial score (nSPS) is 18.5. The quantitative estimate of drug-likeness (QED) is 0.806. The van der Waals surface area contributed by atoms with E-state index in [0.717, 1.165) is 36.4 Å². The molecule has 1 aromatic carbocycles. The van der Waals surface area contributed by atoms with Crippen LogP contribution >= 0.6 is 0 Å². The number of anilines is 1. The molecule has 23 heavy (non-hydrogen) atoms. The summed E-state index contributed by atoms with van der Waals surface area (Å²) in [6.07, 6.45) is 7.26. The topological polar surface area (TPSA) is 57.7 Å². The number of aromatic nitrogens is 4. The van der Waals surface area contributed by atoms with Crippen LogP contribution in [0.15, 0.2) is 36.7 Å². The molecule has 0 amide bonds. The zero-order chi connectivity index (χ0) is 15.6. The number of rotatable bonds is 3. The van der Waals surface area contributed by atoms with E-state index in [9.17, 15) is 0 Å². The Morgan fingerprint density at radius 2 is 2.09 bits per heavy atom. The molecule has 5 nitrogen and oxygen atoms in total. The summed E-state index contributed by atoms with van der Waals surface area (Å²) in [7, 11) is 0. The van der Waals surface area contributed by atoms with Crippen LogP contribution in [-0.4, -0.2) is 33.3 Å². The predicted molar refractivity (Wildman–Crippen MR) is 91.7 cm³/mol. The average Bonchev–Trinajstić information content (AvgIpc) is 3.10. The van der Waals surface area contributed by atoms with Crippen LogP contribution in [0.3, 0.4) is 0 Å². The van der Waals surface area contributed by atoms with Gasteiger partial charge in [0.2, 0.25) is 0 Å². The van der Waals surface area contributed by atoms with E-state index in [1.165, 1.54) is 24.1 Å². The maximum atomic E-state index is 4.79. The standard InChI is InChI=1S/C18H21N5/c1-2-13-10-20-22-18(13)14-6-5-9-23(12-14)17-11-19-15-7-3-4-8-16(15)21-17/h3-4,7-8,10-11,14H,2,5-6,9,12H2,1H3,(H,20,22). The van der Waals surface area contributed by atoms with E-state index in [-0.39, 0.29) is 0 Å². The molecular weight excluding hydrogens is 286 g/mol. The lowest BCUT2D eigenvalue weighted by molar-refractivity contribution is 0.495. The first kappa shape index (κ1) is 14.2. The molecule has 0 radical (unpaired) electrons. The maximum Gasteiger partial charge on any atom is 0.147 e. The van der Waals surface area contributed by atoms with Crippen molar-refractivity contribution in [1.82, 2.24) is 20.2 Å². The van der Waals surface area contributed by atoms with Gasteiger partial charge in [0.1, 0.15) is 5.82 Å². The zero-order valence-electron chi connectivity index (χ0n) is 13.4. The second kappa shape index (κ2) is 5.99. The molecule has 1 fully saturated rings. The van der Waals surface area contributed by atoms with Gasteiger partial charge in [-0.05, 0) is 37.0 Å². The first-order valence-electron chi connectivity index (χ1n) is 8.34. The van der Waals surface area contributed by atoms with Crippen LogP contribution in [0.4, 0.5) is 5.82 Å². The van der Waals surface area contributed by atoms with Crippen molar-refractivity contribution in [3.63, 3.8) is 0 Å². The number of para-hydroxylation sites is 2. The summed E-state index contributed by atoms with van der Waals surface area (Å²) >= 11 is 0. The molecule has 1 N–H and O–H groups in total. The number of aryl methyl sites for hydroxylation is 1. The van der Waals surface area contributed by atoms with E-state index >= 15 is 0 Å². The lowest BCUT2D eigenvalue weighted by atomic mass is 9.92. The van der Waals surface area contributed by atoms with Gasteiger partial charge in [0, 0.05) is 24.7 Å². The summed E-state index contributed by atoms with van der Waals surface area (Å²) in [6.45, 7) is 4.20. The number of fused-ring (bicyclic) bond motifs is 1. The minimum absolute atomic E-state index is 0.495. The number of benzene rings is 1. The molecule has 118 valence electrons. The molecule has 0 aliphatic carbocycles. The van der Waals surface area contributed by atoms with Crippen molar-refractivity contribution in [2.45, 2.75) is 32.1 Å². The number of nitrogens with one attached hydrogen (secondary N) is 1. The van der Waals surface area contributed by atoms with E-state index in [2.05, 4.69) is 27.0 Å². The highest BCUT2D eigenvalue weighted by molar-refractivity contribution is 5.75. The van der Waals surface area contributed by atoms with Gasteiger partial charge in [-0.25, -0.2) is 4.98 Å². The molecule has 1 aliphatic rings. The smallest absolute Gasteiger partial charge is 0.147 e. The second-order valence-corrected chi connectivity index (χ2v) is 6.16. The third kappa shape index (κ3) is 2.67. The highest BCUT2D eigenvalue weighted by Gasteiger charge is 2.25. The predicted octanol–water partition coefficient (Wildman–Crippen LogP) is 3.30. The fourth-order valence-electron chi connectivity index (χ4n) is 3.48. The fraction of sp³-hybridized carbons (Fsp3) is 0.389. The lowest BCUT2D eigenvalue weighted by Crippen LogP contribution is -2.35. The minimum Gasteiger partial charge on any atom is -0.355 e. The van der Waals surface area contributed by atoms with Crippen molar-refractivity contribution in [2.24, 2.45) is 0 Å². The van der Waals surface area contributed by atoms with Gasteiger partial charge in [-0.1, -0.05) is 19.1 Å². The molecule has 0 bridgehead atoms. The Morgan fingerprint density at radius 3 is 2.96 bits per heavy atom. The van der Waals surface area contributed by atoms with Crippen molar-refractivity contribution < 1.29 is 0 Å². The van der Waals surface area contributed by atoms with Gasteiger partial charge in [0.15, 0.2) is 0 Å². The first-order valence-corrected chi connectivity index (χ1v) is 8.34. The highest BCUT2D eigenvalue weighted by Crippen LogP contribution is 2.30. The molecule has 1 atom stereocenters.